The Hall–Kier alpha value is -2.30. The van der Waals surface area contributed by atoms with Gasteiger partial charge in [-0.3, -0.25) is 0 Å². The molecule has 5 heteroatoms. The number of aromatic nitrogens is 2. The van der Waals surface area contributed by atoms with E-state index < -0.39 is 0 Å². The van der Waals surface area contributed by atoms with Crippen LogP contribution in [0.25, 0.3) is 0 Å². The van der Waals surface area contributed by atoms with Crippen LogP contribution in [0.3, 0.4) is 0 Å². The minimum absolute atomic E-state index is 0.816. The number of hydrogen-bond donors (Lipinski definition) is 1. The molecule has 1 aliphatic rings. The highest BCUT2D eigenvalue weighted by Crippen LogP contribution is 2.20. The molecule has 0 saturated carbocycles. The minimum Gasteiger partial charge on any atom is -0.496 e. The Morgan fingerprint density at radius 1 is 1.08 bits per heavy atom. The number of aryl methyl sites for hydroxylation is 1. The van der Waals surface area contributed by atoms with Gasteiger partial charge in [0, 0.05) is 31.4 Å². The molecule has 1 aromatic heterocycles. The first-order valence-electron chi connectivity index (χ1n) is 9.22. The van der Waals surface area contributed by atoms with Crippen molar-refractivity contribution in [2.75, 3.05) is 37.0 Å². The van der Waals surface area contributed by atoms with Crippen LogP contribution < -0.4 is 15.0 Å². The molecule has 1 aromatic carbocycles. The fourth-order valence-corrected chi connectivity index (χ4v) is 3.29. The molecule has 0 amide bonds. The van der Waals surface area contributed by atoms with Gasteiger partial charge in [-0.2, -0.15) is 4.98 Å². The largest absolute Gasteiger partial charge is 0.496 e. The summed E-state index contributed by atoms with van der Waals surface area (Å²) >= 11 is 0. The Morgan fingerprint density at radius 3 is 2.60 bits per heavy atom. The van der Waals surface area contributed by atoms with E-state index in [4.69, 9.17) is 9.72 Å². The maximum atomic E-state index is 5.42. The summed E-state index contributed by atoms with van der Waals surface area (Å²) in [5, 5.41) is 3.45. The number of para-hydroxylation sites is 1. The Labute approximate surface area is 150 Å². The fraction of sp³-hybridized carbons (Fsp3) is 0.500. The van der Waals surface area contributed by atoms with Gasteiger partial charge in [0.05, 0.1) is 7.11 Å². The number of hydrogen-bond acceptors (Lipinski definition) is 5. The third-order valence-electron chi connectivity index (χ3n) is 4.62. The summed E-state index contributed by atoms with van der Waals surface area (Å²) in [7, 11) is 1.72. The molecule has 3 rings (SSSR count). The van der Waals surface area contributed by atoms with Crippen LogP contribution in [-0.4, -0.2) is 36.7 Å². The molecule has 2 heterocycles. The van der Waals surface area contributed by atoms with E-state index in [1.807, 2.05) is 31.2 Å². The maximum absolute atomic E-state index is 5.42. The third-order valence-corrected chi connectivity index (χ3v) is 4.62. The Balaban J connectivity index is 1.64. The van der Waals surface area contributed by atoms with E-state index >= 15 is 0 Å². The van der Waals surface area contributed by atoms with Crippen molar-refractivity contribution in [2.24, 2.45) is 0 Å². The van der Waals surface area contributed by atoms with Crippen molar-refractivity contribution in [1.29, 1.82) is 0 Å². The fourth-order valence-electron chi connectivity index (χ4n) is 3.29. The second-order valence-electron chi connectivity index (χ2n) is 6.58. The van der Waals surface area contributed by atoms with Gasteiger partial charge in [0.2, 0.25) is 5.95 Å². The lowest BCUT2D eigenvalue weighted by molar-refractivity contribution is 0.410. The zero-order valence-electron chi connectivity index (χ0n) is 15.3. The molecular formula is C20H28N4O. The lowest BCUT2D eigenvalue weighted by Crippen LogP contribution is -2.26. The zero-order chi connectivity index (χ0) is 17.5. The molecule has 0 spiro atoms. The van der Waals surface area contributed by atoms with E-state index in [9.17, 15) is 0 Å². The average molecular weight is 340 g/mol. The summed E-state index contributed by atoms with van der Waals surface area (Å²) in [6.07, 6.45) is 5.98. The molecule has 0 radical (unpaired) electrons. The molecule has 0 bridgehead atoms. The molecule has 1 fully saturated rings. The first-order valence-corrected chi connectivity index (χ1v) is 9.22. The van der Waals surface area contributed by atoms with Crippen LogP contribution in [0.15, 0.2) is 30.3 Å². The monoisotopic (exact) mass is 340 g/mol. The quantitative estimate of drug-likeness (QED) is 0.866. The van der Waals surface area contributed by atoms with Crippen LogP contribution in [0.4, 0.5) is 11.8 Å². The van der Waals surface area contributed by atoms with E-state index in [1.54, 1.807) is 7.11 Å². The standard InChI is InChI=1S/C20H28N4O/c1-16-15-19(21-12-11-17-9-5-6-10-18(17)25-2)23-20(22-16)24-13-7-3-4-8-14-24/h5-6,9-10,15H,3-4,7-8,11-14H2,1-2H3,(H,21,22,23). The van der Waals surface area contributed by atoms with Gasteiger partial charge < -0.3 is 15.0 Å². The average Bonchev–Trinajstić information content (AvgIpc) is 2.91. The molecule has 5 nitrogen and oxygen atoms in total. The topological polar surface area (TPSA) is 50.3 Å². The van der Waals surface area contributed by atoms with E-state index in [0.717, 1.165) is 49.3 Å². The van der Waals surface area contributed by atoms with Gasteiger partial charge in [0.25, 0.3) is 0 Å². The number of benzene rings is 1. The van der Waals surface area contributed by atoms with Crippen molar-refractivity contribution in [1.82, 2.24) is 9.97 Å². The predicted octanol–water partition coefficient (Wildman–Crippen LogP) is 3.83. The van der Waals surface area contributed by atoms with E-state index in [1.165, 1.54) is 31.2 Å². The molecule has 1 N–H and O–H groups in total. The molecule has 0 unspecified atom stereocenters. The first-order chi connectivity index (χ1) is 12.3. The number of nitrogens with zero attached hydrogens (tertiary/aromatic N) is 3. The zero-order valence-corrected chi connectivity index (χ0v) is 15.3. The molecule has 2 aromatic rings. The summed E-state index contributed by atoms with van der Waals surface area (Å²) in [6, 6.07) is 10.2. The molecule has 134 valence electrons. The predicted molar refractivity (Wildman–Crippen MR) is 103 cm³/mol. The summed E-state index contributed by atoms with van der Waals surface area (Å²) in [6.45, 7) is 4.97. The van der Waals surface area contributed by atoms with Crippen molar-refractivity contribution in [3.05, 3.63) is 41.6 Å². The van der Waals surface area contributed by atoms with Gasteiger partial charge in [0.1, 0.15) is 11.6 Å². The molecule has 0 atom stereocenters. The van der Waals surface area contributed by atoms with E-state index in [-0.39, 0.29) is 0 Å². The first kappa shape index (κ1) is 17.5. The van der Waals surface area contributed by atoms with Crippen LogP contribution in [0.1, 0.15) is 36.9 Å². The van der Waals surface area contributed by atoms with Crippen molar-refractivity contribution in [3.8, 4) is 5.75 Å². The molecule has 1 aliphatic heterocycles. The number of anilines is 2. The molecule has 25 heavy (non-hydrogen) atoms. The number of rotatable bonds is 6. The number of ether oxygens (including phenoxy) is 1. The van der Waals surface area contributed by atoms with Crippen LogP contribution in [-0.2, 0) is 6.42 Å². The van der Waals surface area contributed by atoms with Gasteiger partial charge in [-0.15, -0.1) is 0 Å². The summed E-state index contributed by atoms with van der Waals surface area (Å²) in [5.41, 5.74) is 2.21. The third kappa shape index (κ3) is 4.84. The van der Waals surface area contributed by atoms with Crippen LogP contribution in [0.2, 0.25) is 0 Å². The normalized spacial score (nSPS) is 14.9. The summed E-state index contributed by atoms with van der Waals surface area (Å²) in [4.78, 5) is 11.7. The van der Waals surface area contributed by atoms with Crippen molar-refractivity contribution >= 4 is 11.8 Å². The molecule has 0 aliphatic carbocycles. The lowest BCUT2D eigenvalue weighted by Gasteiger charge is -2.21. The SMILES string of the molecule is COc1ccccc1CCNc1cc(C)nc(N2CCCCCC2)n1. The van der Waals surface area contributed by atoms with Crippen molar-refractivity contribution in [2.45, 2.75) is 39.0 Å². The van der Waals surface area contributed by atoms with Gasteiger partial charge in [-0.1, -0.05) is 31.0 Å². The second-order valence-corrected chi connectivity index (χ2v) is 6.58. The van der Waals surface area contributed by atoms with Crippen molar-refractivity contribution < 1.29 is 4.74 Å². The van der Waals surface area contributed by atoms with Gasteiger partial charge in [0.15, 0.2) is 0 Å². The van der Waals surface area contributed by atoms with Crippen LogP contribution in [0.5, 0.6) is 5.75 Å². The van der Waals surface area contributed by atoms with Gasteiger partial charge >= 0.3 is 0 Å². The minimum atomic E-state index is 0.816. The molecular weight excluding hydrogens is 312 g/mol. The summed E-state index contributed by atoms with van der Waals surface area (Å²) < 4.78 is 5.42. The second kappa shape index (κ2) is 8.70. The number of nitrogens with one attached hydrogen (secondary N) is 1. The highest BCUT2D eigenvalue weighted by molar-refractivity contribution is 5.44. The Bertz CT molecular complexity index is 681. The highest BCUT2D eigenvalue weighted by Gasteiger charge is 2.13. The van der Waals surface area contributed by atoms with Crippen LogP contribution in [0, 0.1) is 6.92 Å². The van der Waals surface area contributed by atoms with Gasteiger partial charge in [-0.25, -0.2) is 4.98 Å². The number of methoxy groups -OCH3 is 1. The van der Waals surface area contributed by atoms with Gasteiger partial charge in [-0.05, 0) is 37.8 Å². The van der Waals surface area contributed by atoms with Crippen molar-refractivity contribution in [3.63, 3.8) is 0 Å². The highest BCUT2D eigenvalue weighted by atomic mass is 16.5. The van der Waals surface area contributed by atoms with E-state index in [2.05, 4.69) is 21.3 Å². The maximum Gasteiger partial charge on any atom is 0.227 e. The lowest BCUT2D eigenvalue weighted by atomic mass is 10.1. The van der Waals surface area contributed by atoms with E-state index in [0.29, 0.717) is 0 Å². The Morgan fingerprint density at radius 2 is 1.84 bits per heavy atom. The smallest absolute Gasteiger partial charge is 0.227 e. The van der Waals surface area contributed by atoms with Crippen LogP contribution >= 0.6 is 0 Å². The Kier molecular flexibility index (Phi) is 6.09. The molecule has 1 saturated heterocycles. The summed E-state index contributed by atoms with van der Waals surface area (Å²) in [5.74, 6) is 2.71.